The molecule has 0 amide bonds. The summed E-state index contributed by atoms with van der Waals surface area (Å²) < 4.78 is 43.4. The highest BCUT2D eigenvalue weighted by molar-refractivity contribution is 9.10. The molecule has 0 saturated carbocycles. The van der Waals surface area contributed by atoms with Gasteiger partial charge in [-0.05, 0) is 40.2 Å². The average molecular weight is 353 g/mol. The molecule has 0 unspecified atom stereocenters. The second-order valence-electron chi connectivity index (χ2n) is 3.57. The summed E-state index contributed by atoms with van der Waals surface area (Å²) in [5.74, 6) is 0.189. The minimum Gasteiger partial charge on any atom is -0.438 e. The van der Waals surface area contributed by atoms with Crippen molar-refractivity contribution in [1.29, 1.82) is 0 Å². The van der Waals surface area contributed by atoms with Gasteiger partial charge in [0.15, 0.2) is 0 Å². The highest BCUT2D eigenvalue weighted by atomic mass is 79.9. The van der Waals surface area contributed by atoms with E-state index < -0.39 is 11.7 Å². The topological polar surface area (TPSA) is 22.1 Å². The van der Waals surface area contributed by atoms with Gasteiger partial charge in [-0.3, -0.25) is 0 Å². The van der Waals surface area contributed by atoms with Crippen LogP contribution in [0.1, 0.15) is 5.56 Å². The van der Waals surface area contributed by atoms with Crippen molar-refractivity contribution in [2.24, 2.45) is 0 Å². The van der Waals surface area contributed by atoms with E-state index in [4.69, 9.17) is 16.3 Å². The number of alkyl halides is 3. The zero-order valence-electron chi connectivity index (χ0n) is 9.21. The van der Waals surface area contributed by atoms with Gasteiger partial charge in [0.1, 0.15) is 5.75 Å². The Morgan fingerprint density at radius 3 is 2.58 bits per heavy atom. The van der Waals surface area contributed by atoms with Crippen LogP contribution in [0, 0.1) is 0 Å². The molecule has 1 aromatic carbocycles. The monoisotopic (exact) mass is 351 g/mol. The van der Waals surface area contributed by atoms with E-state index in [0.717, 1.165) is 12.1 Å². The van der Waals surface area contributed by atoms with Crippen LogP contribution in [0.4, 0.5) is 13.2 Å². The number of nitrogens with zero attached hydrogens (tertiary/aromatic N) is 1. The lowest BCUT2D eigenvalue weighted by Gasteiger charge is -2.10. The maximum atomic E-state index is 12.5. The third-order valence-corrected chi connectivity index (χ3v) is 2.92. The molecule has 0 saturated heterocycles. The Morgan fingerprint density at radius 2 is 1.95 bits per heavy atom. The zero-order valence-corrected chi connectivity index (χ0v) is 11.6. The quantitative estimate of drug-likeness (QED) is 0.731. The summed E-state index contributed by atoms with van der Waals surface area (Å²) in [4.78, 5) is 3.88. The van der Waals surface area contributed by atoms with Crippen LogP contribution < -0.4 is 4.74 Å². The molecule has 0 fully saturated rings. The smallest absolute Gasteiger partial charge is 0.416 e. The summed E-state index contributed by atoms with van der Waals surface area (Å²) in [6.45, 7) is 0. The molecular weight excluding hydrogens is 346 g/mol. The van der Waals surface area contributed by atoms with Gasteiger partial charge in [-0.15, -0.1) is 0 Å². The fourth-order valence-corrected chi connectivity index (χ4v) is 2.04. The minimum absolute atomic E-state index is 0.0466. The number of pyridine rings is 1. The van der Waals surface area contributed by atoms with Gasteiger partial charge in [0.25, 0.3) is 0 Å². The zero-order chi connectivity index (χ0) is 14.0. The van der Waals surface area contributed by atoms with E-state index in [9.17, 15) is 13.2 Å². The first-order valence-corrected chi connectivity index (χ1v) is 6.19. The standard InChI is InChI=1S/C12H6BrClF3NO/c13-10-5-8(14)6-18-11(10)19-9-3-1-2-7(4-9)12(15,16)17/h1-6H. The lowest BCUT2D eigenvalue weighted by molar-refractivity contribution is -0.137. The first-order valence-electron chi connectivity index (χ1n) is 5.02. The summed E-state index contributed by atoms with van der Waals surface area (Å²) in [6, 6.07) is 6.09. The van der Waals surface area contributed by atoms with Crippen LogP contribution in [0.25, 0.3) is 0 Å². The Labute approximate surface area is 120 Å². The number of ether oxygens (including phenoxy) is 1. The Balaban J connectivity index is 2.29. The molecule has 1 aromatic heterocycles. The highest BCUT2D eigenvalue weighted by Gasteiger charge is 2.30. The summed E-state index contributed by atoms with van der Waals surface area (Å²) in [5, 5.41) is 0.392. The molecule has 0 aliphatic rings. The van der Waals surface area contributed by atoms with E-state index in [-0.39, 0.29) is 11.6 Å². The van der Waals surface area contributed by atoms with Crippen LogP contribution in [0.3, 0.4) is 0 Å². The number of halogens is 5. The van der Waals surface area contributed by atoms with Crippen molar-refractivity contribution in [1.82, 2.24) is 4.98 Å². The molecule has 2 aromatic rings. The van der Waals surface area contributed by atoms with Crippen molar-refractivity contribution >= 4 is 27.5 Å². The van der Waals surface area contributed by atoms with Crippen LogP contribution in [0.2, 0.25) is 5.02 Å². The van der Waals surface area contributed by atoms with Crippen molar-refractivity contribution in [2.45, 2.75) is 6.18 Å². The predicted octanol–water partition coefficient (Wildman–Crippen LogP) is 5.31. The molecule has 0 spiro atoms. The van der Waals surface area contributed by atoms with Gasteiger partial charge in [0.05, 0.1) is 15.1 Å². The molecule has 0 atom stereocenters. The van der Waals surface area contributed by atoms with Crippen LogP contribution in [-0.4, -0.2) is 4.98 Å². The summed E-state index contributed by atoms with van der Waals surface area (Å²) in [7, 11) is 0. The lowest BCUT2D eigenvalue weighted by Crippen LogP contribution is -2.04. The van der Waals surface area contributed by atoms with Crippen LogP contribution >= 0.6 is 27.5 Å². The Hall–Kier alpha value is -1.27. The Kier molecular flexibility index (Phi) is 4.01. The molecule has 100 valence electrons. The number of benzene rings is 1. The molecule has 19 heavy (non-hydrogen) atoms. The molecule has 0 radical (unpaired) electrons. The van der Waals surface area contributed by atoms with Crippen LogP contribution in [0.15, 0.2) is 41.0 Å². The third-order valence-electron chi connectivity index (χ3n) is 2.15. The van der Waals surface area contributed by atoms with Gasteiger partial charge < -0.3 is 4.74 Å². The SMILES string of the molecule is FC(F)(F)c1cccc(Oc2ncc(Cl)cc2Br)c1. The van der Waals surface area contributed by atoms with E-state index in [1.807, 2.05) is 0 Å². The van der Waals surface area contributed by atoms with Crippen molar-refractivity contribution in [2.75, 3.05) is 0 Å². The fraction of sp³-hybridized carbons (Fsp3) is 0.0833. The van der Waals surface area contributed by atoms with E-state index >= 15 is 0 Å². The van der Waals surface area contributed by atoms with E-state index in [1.54, 1.807) is 0 Å². The van der Waals surface area contributed by atoms with Gasteiger partial charge in [-0.1, -0.05) is 17.7 Å². The molecule has 2 nitrogen and oxygen atoms in total. The second kappa shape index (κ2) is 5.38. The molecule has 0 bridgehead atoms. The first kappa shape index (κ1) is 14.1. The molecule has 1 heterocycles. The van der Waals surface area contributed by atoms with Crippen molar-refractivity contribution < 1.29 is 17.9 Å². The maximum Gasteiger partial charge on any atom is 0.416 e. The summed E-state index contributed by atoms with van der Waals surface area (Å²) in [6.07, 6.45) is -3.07. The summed E-state index contributed by atoms with van der Waals surface area (Å²) >= 11 is 8.88. The van der Waals surface area contributed by atoms with Gasteiger partial charge >= 0.3 is 6.18 Å². The maximum absolute atomic E-state index is 12.5. The highest BCUT2D eigenvalue weighted by Crippen LogP contribution is 2.34. The summed E-state index contributed by atoms with van der Waals surface area (Å²) in [5.41, 5.74) is -0.782. The van der Waals surface area contributed by atoms with E-state index in [1.165, 1.54) is 24.4 Å². The lowest BCUT2D eigenvalue weighted by atomic mass is 10.2. The average Bonchev–Trinajstić information content (AvgIpc) is 2.32. The molecule has 0 N–H and O–H groups in total. The van der Waals surface area contributed by atoms with Crippen molar-refractivity contribution in [3.8, 4) is 11.6 Å². The fourth-order valence-electron chi connectivity index (χ4n) is 1.32. The Morgan fingerprint density at radius 1 is 1.21 bits per heavy atom. The molecule has 2 rings (SSSR count). The van der Waals surface area contributed by atoms with Crippen molar-refractivity contribution in [3.05, 3.63) is 51.6 Å². The molecular formula is C12H6BrClF3NO. The second-order valence-corrected chi connectivity index (χ2v) is 4.86. The predicted molar refractivity (Wildman–Crippen MR) is 68.5 cm³/mol. The molecule has 7 heteroatoms. The molecule has 0 aliphatic carbocycles. The number of hydrogen-bond acceptors (Lipinski definition) is 2. The van der Waals surface area contributed by atoms with E-state index in [0.29, 0.717) is 9.50 Å². The van der Waals surface area contributed by atoms with E-state index in [2.05, 4.69) is 20.9 Å². The normalized spacial score (nSPS) is 11.4. The third kappa shape index (κ3) is 3.61. The van der Waals surface area contributed by atoms with Gasteiger partial charge in [-0.2, -0.15) is 13.2 Å². The van der Waals surface area contributed by atoms with Gasteiger partial charge in [-0.25, -0.2) is 4.98 Å². The largest absolute Gasteiger partial charge is 0.438 e. The van der Waals surface area contributed by atoms with Gasteiger partial charge in [0.2, 0.25) is 5.88 Å². The number of rotatable bonds is 2. The van der Waals surface area contributed by atoms with Gasteiger partial charge in [0, 0.05) is 6.20 Å². The Bertz CT molecular complexity index is 604. The minimum atomic E-state index is -4.41. The van der Waals surface area contributed by atoms with Crippen molar-refractivity contribution in [3.63, 3.8) is 0 Å². The first-order chi connectivity index (χ1) is 8.86. The number of aromatic nitrogens is 1. The molecule has 0 aliphatic heterocycles. The van der Waals surface area contributed by atoms with Crippen LogP contribution in [-0.2, 0) is 6.18 Å². The number of hydrogen-bond donors (Lipinski definition) is 0. The van der Waals surface area contributed by atoms with Crippen LogP contribution in [0.5, 0.6) is 11.6 Å².